The van der Waals surface area contributed by atoms with Crippen LogP contribution in [0.4, 0.5) is 10.1 Å². The highest BCUT2D eigenvalue weighted by Crippen LogP contribution is 2.25. The molecule has 1 atom stereocenters. The Bertz CT molecular complexity index is 1040. The fourth-order valence-electron chi connectivity index (χ4n) is 3.91. The van der Waals surface area contributed by atoms with E-state index in [-0.39, 0.29) is 5.82 Å². The van der Waals surface area contributed by atoms with E-state index in [0.29, 0.717) is 36.2 Å². The number of halogens is 1. The van der Waals surface area contributed by atoms with Gasteiger partial charge in [0.05, 0.1) is 18.8 Å². The molecule has 1 N–H and O–H groups in total. The van der Waals surface area contributed by atoms with Crippen LogP contribution >= 0.6 is 0 Å². The molecule has 5 nitrogen and oxygen atoms in total. The zero-order valence-corrected chi connectivity index (χ0v) is 17.7. The highest BCUT2D eigenvalue weighted by atomic mass is 19.1. The van der Waals surface area contributed by atoms with Crippen molar-refractivity contribution in [3.8, 4) is 11.5 Å². The third-order valence-electron chi connectivity index (χ3n) is 5.57. The van der Waals surface area contributed by atoms with E-state index in [0.717, 1.165) is 37.2 Å². The lowest BCUT2D eigenvalue weighted by Crippen LogP contribution is -2.37. The van der Waals surface area contributed by atoms with Crippen LogP contribution in [0.25, 0.3) is 0 Å². The third-order valence-corrected chi connectivity index (χ3v) is 5.57. The van der Waals surface area contributed by atoms with E-state index in [1.807, 2.05) is 30.3 Å². The maximum absolute atomic E-state index is 13.0. The average Bonchev–Trinajstić information content (AvgIpc) is 2.82. The van der Waals surface area contributed by atoms with E-state index < -0.39 is 5.97 Å². The molecule has 1 aliphatic heterocycles. The fraction of sp³-hybridized carbons (Fsp3) is 0.269. The van der Waals surface area contributed by atoms with Crippen LogP contribution in [0.1, 0.15) is 28.8 Å². The number of carboxylic acids is 1. The van der Waals surface area contributed by atoms with Crippen molar-refractivity contribution in [3.05, 3.63) is 89.7 Å². The van der Waals surface area contributed by atoms with Gasteiger partial charge in [-0.3, -0.25) is 0 Å². The SMILES string of the molecule is O=C(O)c1cccc(N2CCCC(COCc3ccc(Oc4ccc(F)cc4)cc3)C2)c1. The molecule has 166 valence electrons. The van der Waals surface area contributed by atoms with Gasteiger partial charge in [0.25, 0.3) is 0 Å². The van der Waals surface area contributed by atoms with Crippen LogP contribution in [0.2, 0.25) is 0 Å². The molecule has 0 bridgehead atoms. The highest BCUT2D eigenvalue weighted by Gasteiger charge is 2.21. The van der Waals surface area contributed by atoms with E-state index in [9.17, 15) is 14.3 Å². The van der Waals surface area contributed by atoms with Gasteiger partial charge in [0.15, 0.2) is 0 Å². The molecule has 4 rings (SSSR count). The van der Waals surface area contributed by atoms with E-state index >= 15 is 0 Å². The largest absolute Gasteiger partial charge is 0.478 e. The molecule has 3 aromatic carbocycles. The van der Waals surface area contributed by atoms with Crippen LogP contribution in [0.5, 0.6) is 11.5 Å². The molecule has 0 aromatic heterocycles. The van der Waals surface area contributed by atoms with Crippen molar-refractivity contribution in [3.63, 3.8) is 0 Å². The van der Waals surface area contributed by atoms with Crippen molar-refractivity contribution in [2.24, 2.45) is 5.92 Å². The Morgan fingerprint density at radius 2 is 1.75 bits per heavy atom. The Hall–Kier alpha value is -3.38. The normalized spacial score (nSPS) is 16.0. The van der Waals surface area contributed by atoms with Crippen molar-refractivity contribution in [1.29, 1.82) is 0 Å². The summed E-state index contributed by atoms with van der Waals surface area (Å²) >= 11 is 0. The molecule has 1 saturated heterocycles. The standard InChI is InChI=1S/C26H26FNO4/c27-22-8-12-25(13-9-22)32-24-10-6-19(7-11-24)17-31-18-20-3-2-14-28(16-20)23-5-1-4-21(15-23)26(29)30/h1,4-13,15,20H,2-3,14,16-18H2,(H,29,30). The summed E-state index contributed by atoms with van der Waals surface area (Å²) < 4.78 is 24.7. The molecule has 3 aromatic rings. The maximum Gasteiger partial charge on any atom is 0.335 e. The molecule has 1 heterocycles. The molecule has 0 saturated carbocycles. The van der Waals surface area contributed by atoms with Crippen molar-refractivity contribution < 1.29 is 23.8 Å². The molecule has 0 amide bonds. The summed E-state index contributed by atoms with van der Waals surface area (Å²) in [5.74, 6) is 0.480. The van der Waals surface area contributed by atoms with Gasteiger partial charge in [0.1, 0.15) is 17.3 Å². The number of piperidine rings is 1. The molecular formula is C26H26FNO4. The van der Waals surface area contributed by atoms with E-state index in [1.54, 1.807) is 30.3 Å². The monoisotopic (exact) mass is 435 g/mol. The number of hydrogen-bond acceptors (Lipinski definition) is 4. The number of carbonyl (C=O) groups is 1. The van der Waals surface area contributed by atoms with Gasteiger partial charge in [-0.15, -0.1) is 0 Å². The van der Waals surface area contributed by atoms with Crippen LogP contribution in [-0.2, 0) is 11.3 Å². The lowest BCUT2D eigenvalue weighted by atomic mass is 9.98. The summed E-state index contributed by atoms with van der Waals surface area (Å²) in [7, 11) is 0. The first-order valence-corrected chi connectivity index (χ1v) is 10.8. The molecule has 1 fully saturated rings. The Balaban J connectivity index is 1.25. The predicted octanol–water partition coefficient (Wildman–Crippen LogP) is 5.75. The predicted molar refractivity (Wildman–Crippen MR) is 121 cm³/mol. The molecule has 0 aliphatic carbocycles. The quantitative estimate of drug-likeness (QED) is 0.488. The third kappa shape index (κ3) is 5.86. The number of carboxylic acid groups (broad SMARTS) is 1. The first-order chi connectivity index (χ1) is 15.6. The molecular weight excluding hydrogens is 409 g/mol. The molecule has 1 aliphatic rings. The summed E-state index contributed by atoms with van der Waals surface area (Å²) in [6.45, 7) is 2.95. The molecule has 0 radical (unpaired) electrons. The van der Waals surface area contributed by atoms with Gasteiger partial charge in [-0.05, 0) is 78.9 Å². The second-order valence-corrected chi connectivity index (χ2v) is 8.02. The Kier molecular flexibility index (Phi) is 7.02. The van der Waals surface area contributed by atoms with Gasteiger partial charge in [0.2, 0.25) is 0 Å². The van der Waals surface area contributed by atoms with Crippen molar-refractivity contribution in [1.82, 2.24) is 0 Å². The summed E-state index contributed by atoms with van der Waals surface area (Å²) in [5.41, 5.74) is 2.32. The number of aromatic carboxylic acids is 1. The van der Waals surface area contributed by atoms with Crippen molar-refractivity contribution in [2.75, 3.05) is 24.6 Å². The Morgan fingerprint density at radius 3 is 2.47 bits per heavy atom. The first kappa shape index (κ1) is 21.8. The Labute approximate surface area is 187 Å². The van der Waals surface area contributed by atoms with E-state index in [4.69, 9.17) is 9.47 Å². The topological polar surface area (TPSA) is 59.0 Å². The van der Waals surface area contributed by atoms with Gasteiger partial charge >= 0.3 is 5.97 Å². The van der Waals surface area contributed by atoms with Crippen LogP contribution in [0.15, 0.2) is 72.8 Å². The molecule has 32 heavy (non-hydrogen) atoms. The average molecular weight is 435 g/mol. The van der Waals surface area contributed by atoms with Crippen molar-refractivity contribution >= 4 is 11.7 Å². The number of ether oxygens (including phenoxy) is 2. The summed E-state index contributed by atoms with van der Waals surface area (Å²) in [6, 6.07) is 20.7. The lowest BCUT2D eigenvalue weighted by Gasteiger charge is -2.34. The minimum Gasteiger partial charge on any atom is -0.478 e. The van der Waals surface area contributed by atoms with Gasteiger partial charge in [-0.25, -0.2) is 9.18 Å². The van der Waals surface area contributed by atoms with Gasteiger partial charge in [-0.2, -0.15) is 0 Å². The minimum atomic E-state index is -0.905. The van der Waals surface area contributed by atoms with E-state index in [2.05, 4.69) is 4.90 Å². The first-order valence-electron chi connectivity index (χ1n) is 10.8. The smallest absolute Gasteiger partial charge is 0.335 e. The van der Waals surface area contributed by atoms with Gasteiger partial charge in [0, 0.05) is 18.8 Å². The zero-order chi connectivity index (χ0) is 22.3. The van der Waals surface area contributed by atoms with Gasteiger partial charge < -0.3 is 19.5 Å². The summed E-state index contributed by atoms with van der Waals surface area (Å²) in [4.78, 5) is 13.5. The van der Waals surface area contributed by atoms with Crippen molar-refractivity contribution in [2.45, 2.75) is 19.4 Å². The van der Waals surface area contributed by atoms with Gasteiger partial charge in [-0.1, -0.05) is 18.2 Å². The van der Waals surface area contributed by atoms with Crippen LogP contribution in [0, 0.1) is 11.7 Å². The second kappa shape index (κ2) is 10.3. The van der Waals surface area contributed by atoms with Crippen LogP contribution < -0.4 is 9.64 Å². The van der Waals surface area contributed by atoms with Crippen LogP contribution in [0.3, 0.4) is 0 Å². The number of benzene rings is 3. The minimum absolute atomic E-state index is 0.292. The van der Waals surface area contributed by atoms with Crippen LogP contribution in [-0.4, -0.2) is 30.8 Å². The lowest BCUT2D eigenvalue weighted by molar-refractivity contribution is 0.0696. The molecule has 0 spiro atoms. The number of hydrogen-bond donors (Lipinski definition) is 1. The Morgan fingerprint density at radius 1 is 1.03 bits per heavy atom. The zero-order valence-electron chi connectivity index (χ0n) is 17.7. The maximum atomic E-state index is 13.0. The molecule has 6 heteroatoms. The fourth-order valence-corrected chi connectivity index (χ4v) is 3.91. The van der Waals surface area contributed by atoms with E-state index in [1.165, 1.54) is 12.1 Å². The highest BCUT2D eigenvalue weighted by molar-refractivity contribution is 5.88. The number of rotatable bonds is 8. The molecule has 1 unspecified atom stereocenters. The summed E-state index contributed by atoms with van der Waals surface area (Å²) in [5, 5.41) is 9.22. The number of nitrogens with zero attached hydrogens (tertiary/aromatic N) is 1. The second-order valence-electron chi connectivity index (χ2n) is 8.02. The number of anilines is 1. The summed E-state index contributed by atoms with van der Waals surface area (Å²) in [6.07, 6.45) is 2.15.